The first kappa shape index (κ1) is 8.63. The highest BCUT2D eigenvalue weighted by atomic mass is 16.2. The zero-order valence-electron chi connectivity index (χ0n) is 7.77. The number of H-pyrrole nitrogens is 1. The molecular formula is C9H10N4O. The van der Waals surface area contributed by atoms with Crippen molar-refractivity contribution < 1.29 is 4.79 Å². The van der Waals surface area contributed by atoms with E-state index in [-0.39, 0.29) is 12.1 Å². The van der Waals surface area contributed by atoms with Crippen molar-refractivity contribution >= 4 is 6.03 Å². The van der Waals surface area contributed by atoms with Crippen molar-refractivity contribution in [3.63, 3.8) is 0 Å². The van der Waals surface area contributed by atoms with Crippen molar-refractivity contribution in [3.8, 4) is 6.19 Å². The van der Waals surface area contributed by atoms with Crippen LogP contribution in [0.3, 0.4) is 0 Å². The Hall–Kier alpha value is -1.96. The number of hydrogen-bond donors (Lipinski definition) is 1. The lowest BCUT2D eigenvalue weighted by molar-refractivity contribution is 0.205. The van der Waals surface area contributed by atoms with Crippen LogP contribution in [0.2, 0.25) is 0 Å². The maximum Gasteiger partial charge on any atom is 0.333 e. The second-order valence-electron chi connectivity index (χ2n) is 3.26. The molecule has 14 heavy (non-hydrogen) atoms. The molecular weight excluding hydrogens is 180 g/mol. The molecule has 2 amide bonds. The first-order valence-corrected chi connectivity index (χ1v) is 4.31. The zero-order valence-corrected chi connectivity index (χ0v) is 7.77. The number of aromatic nitrogens is 1. The van der Waals surface area contributed by atoms with Crippen molar-refractivity contribution in [3.05, 3.63) is 24.0 Å². The number of nitriles is 1. The van der Waals surface area contributed by atoms with Gasteiger partial charge in [-0.1, -0.05) is 0 Å². The van der Waals surface area contributed by atoms with Crippen molar-refractivity contribution in [2.24, 2.45) is 0 Å². The Balaban J connectivity index is 2.25. The summed E-state index contributed by atoms with van der Waals surface area (Å²) in [7, 11) is 1.71. The molecule has 5 nitrogen and oxygen atoms in total. The van der Waals surface area contributed by atoms with Crippen LogP contribution < -0.4 is 0 Å². The molecule has 1 aromatic heterocycles. The predicted octanol–water partition coefficient (Wildman–Crippen LogP) is 0.904. The largest absolute Gasteiger partial charge is 0.367 e. The Morgan fingerprint density at radius 3 is 3.00 bits per heavy atom. The van der Waals surface area contributed by atoms with E-state index in [4.69, 9.17) is 5.26 Å². The summed E-state index contributed by atoms with van der Waals surface area (Å²) in [4.78, 5) is 17.1. The lowest BCUT2D eigenvalue weighted by atomic mass is 10.1. The van der Waals surface area contributed by atoms with Gasteiger partial charge in [0.25, 0.3) is 0 Å². The van der Waals surface area contributed by atoms with E-state index >= 15 is 0 Å². The summed E-state index contributed by atoms with van der Waals surface area (Å²) in [6.07, 6.45) is 5.52. The van der Waals surface area contributed by atoms with Gasteiger partial charge in [-0.15, -0.1) is 0 Å². The van der Waals surface area contributed by atoms with E-state index in [1.807, 2.05) is 24.7 Å². The second kappa shape index (κ2) is 3.07. The Bertz CT molecular complexity index is 378. The van der Waals surface area contributed by atoms with Crippen molar-refractivity contribution in [1.82, 2.24) is 14.8 Å². The highest BCUT2D eigenvalue weighted by Crippen LogP contribution is 2.26. The van der Waals surface area contributed by atoms with E-state index < -0.39 is 0 Å². The minimum atomic E-state index is -0.237. The normalized spacial score (nSPS) is 21.4. The summed E-state index contributed by atoms with van der Waals surface area (Å²) in [5.41, 5.74) is 1.03. The molecule has 1 aromatic rings. The fraction of sp³-hybridized carbons (Fsp3) is 0.333. The number of nitrogens with one attached hydrogen (secondary N) is 1. The maximum absolute atomic E-state index is 11.5. The SMILES string of the molecule is CN1C(=O)N(C#N)CC1c1cc[nH]c1. The van der Waals surface area contributed by atoms with Crippen LogP contribution in [0.5, 0.6) is 0 Å². The van der Waals surface area contributed by atoms with Crippen LogP contribution in [0.15, 0.2) is 18.5 Å². The lowest BCUT2D eigenvalue weighted by Gasteiger charge is -2.15. The predicted molar refractivity (Wildman–Crippen MR) is 49.0 cm³/mol. The van der Waals surface area contributed by atoms with Crippen LogP contribution in [0.1, 0.15) is 11.6 Å². The molecule has 1 saturated heterocycles. The third-order valence-corrected chi connectivity index (χ3v) is 2.48. The van der Waals surface area contributed by atoms with Gasteiger partial charge in [0.15, 0.2) is 6.19 Å². The molecule has 5 heteroatoms. The standard InChI is InChI=1S/C9H10N4O/c1-12-8(7-2-3-11-4-7)5-13(6-10)9(12)14/h2-4,8,11H,5H2,1H3. The molecule has 0 radical (unpaired) electrons. The topological polar surface area (TPSA) is 63.1 Å². The number of rotatable bonds is 1. The number of carbonyl (C=O) groups excluding carboxylic acids is 1. The first-order chi connectivity index (χ1) is 6.74. The minimum absolute atomic E-state index is 0.0200. The summed E-state index contributed by atoms with van der Waals surface area (Å²) in [6, 6.07) is 1.65. The number of urea groups is 1. The van der Waals surface area contributed by atoms with E-state index in [0.717, 1.165) is 10.5 Å². The van der Waals surface area contributed by atoms with Crippen LogP contribution in [0.25, 0.3) is 0 Å². The summed E-state index contributed by atoms with van der Waals surface area (Å²) >= 11 is 0. The first-order valence-electron chi connectivity index (χ1n) is 4.31. The molecule has 1 aliphatic heterocycles. The fourth-order valence-corrected chi connectivity index (χ4v) is 1.65. The summed E-state index contributed by atoms with van der Waals surface area (Å²) < 4.78 is 0. The fourth-order valence-electron chi connectivity index (χ4n) is 1.65. The molecule has 0 aromatic carbocycles. The lowest BCUT2D eigenvalue weighted by Crippen LogP contribution is -2.26. The van der Waals surface area contributed by atoms with Crippen LogP contribution in [-0.2, 0) is 0 Å². The van der Waals surface area contributed by atoms with Gasteiger partial charge in [-0.2, -0.15) is 5.26 Å². The smallest absolute Gasteiger partial charge is 0.333 e. The number of carbonyl (C=O) groups is 1. The second-order valence-corrected chi connectivity index (χ2v) is 3.26. The molecule has 2 rings (SSSR count). The van der Waals surface area contributed by atoms with E-state index in [2.05, 4.69) is 4.98 Å². The number of aromatic amines is 1. The van der Waals surface area contributed by atoms with Crippen molar-refractivity contribution in [1.29, 1.82) is 5.26 Å². The molecule has 2 heterocycles. The summed E-state index contributed by atoms with van der Waals surface area (Å²) in [5, 5.41) is 8.69. The molecule has 1 N–H and O–H groups in total. The van der Waals surface area contributed by atoms with Crippen LogP contribution in [0.4, 0.5) is 4.79 Å². The third-order valence-electron chi connectivity index (χ3n) is 2.48. The van der Waals surface area contributed by atoms with E-state index in [1.165, 1.54) is 0 Å². The van der Waals surface area contributed by atoms with E-state index in [0.29, 0.717) is 6.54 Å². The summed E-state index contributed by atoms with van der Waals surface area (Å²) in [6.45, 7) is 0.434. The molecule has 0 spiro atoms. The van der Waals surface area contributed by atoms with Gasteiger partial charge in [-0.25, -0.2) is 9.69 Å². The molecule has 0 saturated carbocycles. The number of likely N-dealkylation sites (N-methyl/N-ethyl adjacent to an activating group) is 1. The average Bonchev–Trinajstić information content (AvgIpc) is 2.78. The Kier molecular flexibility index (Phi) is 1.89. The maximum atomic E-state index is 11.5. The number of amides is 2. The molecule has 1 atom stereocenters. The number of hydrogen-bond acceptors (Lipinski definition) is 2. The molecule has 1 unspecified atom stereocenters. The molecule has 0 aliphatic carbocycles. The third kappa shape index (κ3) is 1.12. The molecule has 1 aliphatic rings. The zero-order chi connectivity index (χ0) is 10.1. The van der Waals surface area contributed by atoms with Gasteiger partial charge < -0.3 is 9.88 Å². The monoisotopic (exact) mass is 190 g/mol. The quantitative estimate of drug-likeness (QED) is 0.669. The Morgan fingerprint density at radius 2 is 2.50 bits per heavy atom. The van der Waals surface area contributed by atoms with Gasteiger partial charge in [-0.05, 0) is 11.6 Å². The number of nitrogens with zero attached hydrogens (tertiary/aromatic N) is 3. The van der Waals surface area contributed by atoms with Crippen LogP contribution in [0, 0.1) is 11.5 Å². The van der Waals surface area contributed by atoms with Gasteiger partial charge in [0.2, 0.25) is 0 Å². The van der Waals surface area contributed by atoms with Gasteiger partial charge >= 0.3 is 6.03 Å². The molecule has 0 bridgehead atoms. The Morgan fingerprint density at radius 1 is 1.71 bits per heavy atom. The summed E-state index contributed by atoms with van der Waals surface area (Å²) in [5.74, 6) is 0. The highest BCUT2D eigenvalue weighted by molar-refractivity contribution is 5.78. The molecule has 72 valence electrons. The van der Waals surface area contributed by atoms with Crippen LogP contribution >= 0.6 is 0 Å². The van der Waals surface area contributed by atoms with Gasteiger partial charge in [-0.3, -0.25) is 0 Å². The van der Waals surface area contributed by atoms with Crippen LogP contribution in [-0.4, -0.2) is 34.4 Å². The van der Waals surface area contributed by atoms with Gasteiger partial charge in [0, 0.05) is 19.4 Å². The minimum Gasteiger partial charge on any atom is -0.367 e. The molecule has 1 fully saturated rings. The van der Waals surface area contributed by atoms with Gasteiger partial charge in [0.1, 0.15) is 0 Å². The van der Waals surface area contributed by atoms with E-state index in [1.54, 1.807) is 11.9 Å². The van der Waals surface area contributed by atoms with Crippen molar-refractivity contribution in [2.45, 2.75) is 6.04 Å². The average molecular weight is 190 g/mol. The highest BCUT2D eigenvalue weighted by Gasteiger charge is 2.35. The van der Waals surface area contributed by atoms with Gasteiger partial charge in [0.05, 0.1) is 12.6 Å². The Labute approximate surface area is 81.5 Å². The van der Waals surface area contributed by atoms with Crippen molar-refractivity contribution in [2.75, 3.05) is 13.6 Å². The van der Waals surface area contributed by atoms with E-state index in [9.17, 15) is 4.79 Å².